The van der Waals surface area contributed by atoms with Crippen LogP contribution in [0.1, 0.15) is 19.3 Å². The zero-order valence-electron chi connectivity index (χ0n) is 7.84. The Morgan fingerprint density at radius 1 is 1.50 bits per heavy atom. The first-order valence-corrected chi connectivity index (χ1v) is 7.00. The minimum Gasteiger partial charge on any atom is -0.327 e. The molecular formula is C10H17NS. The summed E-state index contributed by atoms with van der Waals surface area (Å²) in [5.74, 6) is 0. The van der Waals surface area contributed by atoms with Gasteiger partial charge < -0.3 is 5.73 Å². The fourth-order valence-corrected chi connectivity index (χ4v) is 4.17. The zero-order chi connectivity index (χ0) is 8.77. The summed E-state index contributed by atoms with van der Waals surface area (Å²) >= 11 is 0. The summed E-state index contributed by atoms with van der Waals surface area (Å²) in [7, 11) is -0.561. The van der Waals surface area contributed by atoms with Gasteiger partial charge in [-0.15, -0.1) is 0 Å². The van der Waals surface area contributed by atoms with Crippen LogP contribution in [0.25, 0.3) is 0 Å². The smallest absolute Gasteiger partial charge is 0.00871 e. The fourth-order valence-electron chi connectivity index (χ4n) is 2.01. The van der Waals surface area contributed by atoms with Gasteiger partial charge in [0.25, 0.3) is 0 Å². The molecule has 1 nitrogen and oxygen atoms in total. The van der Waals surface area contributed by atoms with Crippen molar-refractivity contribution >= 4 is 10.0 Å². The third kappa shape index (κ3) is 1.23. The molecule has 2 rings (SSSR count). The highest BCUT2D eigenvalue weighted by atomic mass is 32.3. The first kappa shape index (κ1) is 8.39. The number of allylic oxidation sites excluding steroid dienone is 2. The van der Waals surface area contributed by atoms with Crippen molar-refractivity contribution in [2.75, 3.05) is 12.5 Å². The number of hydrogen-bond acceptors (Lipinski definition) is 1. The van der Waals surface area contributed by atoms with Crippen molar-refractivity contribution in [2.24, 2.45) is 5.73 Å². The second-order valence-corrected chi connectivity index (χ2v) is 7.74. The molecule has 12 heavy (non-hydrogen) atoms. The first-order chi connectivity index (χ1) is 5.59. The molecule has 1 unspecified atom stereocenters. The van der Waals surface area contributed by atoms with Crippen LogP contribution >= 0.6 is 10.0 Å². The fraction of sp³-hybridized carbons (Fsp3) is 0.600. The van der Waals surface area contributed by atoms with E-state index in [2.05, 4.69) is 24.0 Å². The molecule has 0 aromatic carbocycles. The first-order valence-electron chi connectivity index (χ1n) is 4.49. The van der Waals surface area contributed by atoms with Crippen molar-refractivity contribution in [2.45, 2.75) is 25.3 Å². The monoisotopic (exact) mass is 183 g/mol. The van der Waals surface area contributed by atoms with Crippen molar-refractivity contribution < 1.29 is 0 Å². The number of hydrogen-bond donors (Lipinski definition) is 1. The van der Waals surface area contributed by atoms with Gasteiger partial charge in [0.15, 0.2) is 0 Å². The van der Waals surface area contributed by atoms with E-state index >= 15 is 0 Å². The highest BCUT2D eigenvalue weighted by Crippen LogP contribution is 2.59. The molecular weight excluding hydrogens is 166 g/mol. The van der Waals surface area contributed by atoms with Crippen LogP contribution in [0.5, 0.6) is 0 Å². The van der Waals surface area contributed by atoms with Gasteiger partial charge in [0, 0.05) is 6.04 Å². The third-order valence-electron chi connectivity index (χ3n) is 2.83. The minimum absolute atomic E-state index is 0.426. The van der Waals surface area contributed by atoms with Gasteiger partial charge in [-0.25, -0.2) is 10.0 Å². The Labute approximate surface area is 76.0 Å². The van der Waals surface area contributed by atoms with Gasteiger partial charge in [0.05, 0.1) is 0 Å². The van der Waals surface area contributed by atoms with Gasteiger partial charge >= 0.3 is 0 Å². The van der Waals surface area contributed by atoms with Crippen molar-refractivity contribution in [1.82, 2.24) is 0 Å². The number of nitrogens with two attached hydrogens (primary N) is 1. The van der Waals surface area contributed by atoms with Crippen molar-refractivity contribution in [3.63, 3.8) is 0 Å². The lowest BCUT2D eigenvalue weighted by Gasteiger charge is -2.32. The minimum atomic E-state index is -0.561. The molecule has 0 saturated carbocycles. The largest absolute Gasteiger partial charge is 0.327 e. The van der Waals surface area contributed by atoms with Crippen LogP contribution in [0, 0.1) is 0 Å². The second-order valence-electron chi connectivity index (χ2n) is 4.16. The second kappa shape index (κ2) is 2.64. The van der Waals surface area contributed by atoms with Gasteiger partial charge in [0.1, 0.15) is 0 Å². The SMILES string of the molecule is CS1(C)C=CC2=C1CC(N)CC2. The summed E-state index contributed by atoms with van der Waals surface area (Å²) in [6, 6.07) is 0.426. The Morgan fingerprint density at radius 3 is 3.00 bits per heavy atom. The highest BCUT2D eigenvalue weighted by molar-refractivity contribution is 8.38. The van der Waals surface area contributed by atoms with Crippen LogP contribution in [0.15, 0.2) is 22.0 Å². The van der Waals surface area contributed by atoms with Crippen LogP contribution in [0.4, 0.5) is 0 Å². The molecule has 1 aliphatic heterocycles. The molecule has 1 aliphatic carbocycles. The van der Waals surface area contributed by atoms with E-state index in [1.807, 2.05) is 0 Å². The lowest BCUT2D eigenvalue weighted by Crippen LogP contribution is -2.24. The summed E-state index contributed by atoms with van der Waals surface area (Å²) in [6.45, 7) is 0. The standard InChI is InChI=1S/C10H17NS/c1-12(2)6-5-8-3-4-9(11)7-10(8)12/h5-6,9H,3-4,7,11H2,1-2H3. The molecule has 0 amide bonds. The van der Waals surface area contributed by atoms with E-state index in [4.69, 9.17) is 5.73 Å². The summed E-state index contributed by atoms with van der Waals surface area (Å²) in [4.78, 5) is 1.67. The van der Waals surface area contributed by atoms with Crippen LogP contribution in [0.2, 0.25) is 0 Å². The van der Waals surface area contributed by atoms with Gasteiger partial charge in [-0.1, -0.05) is 6.08 Å². The van der Waals surface area contributed by atoms with E-state index in [-0.39, 0.29) is 0 Å². The van der Waals surface area contributed by atoms with Crippen molar-refractivity contribution in [3.8, 4) is 0 Å². The van der Waals surface area contributed by atoms with E-state index in [0.717, 1.165) is 6.42 Å². The topological polar surface area (TPSA) is 26.0 Å². The summed E-state index contributed by atoms with van der Waals surface area (Å²) in [6.07, 6.45) is 10.6. The molecule has 0 spiro atoms. The predicted molar refractivity (Wildman–Crippen MR) is 57.4 cm³/mol. The maximum absolute atomic E-state index is 5.96. The van der Waals surface area contributed by atoms with E-state index < -0.39 is 10.0 Å². The Kier molecular flexibility index (Phi) is 1.85. The molecule has 1 heterocycles. The molecule has 0 saturated heterocycles. The molecule has 68 valence electrons. The molecule has 0 radical (unpaired) electrons. The maximum Gasteiger partial charge on any atom is 0.00871 e. The molecule has 1 atom stereocenters. The van der Waals surface area contributed by atoms with Gasteiger partial charge in [-0.2, -0.15) is 0 Å². The quantitative estimate of drug-likeness (QED) is 0.613. The lowest BCUT2D eigenvalue weighted by atomic mass is 9.96. The lowest BCUT2D eigenvalue weighted by molar-refractivity contribution is 0.591. The van der Waals surface area contributed by atoms with E-state index in [9.17, 15) is 0 Å². The van der Waals surface area contributed by atoms with E-state index in [1.54, 1.807) is 10.5 Å². The average Bonchev–Trinajstić information content (AvgIpc) is 2.28. The average molecular weight is 183 g/mol. The van der Waals surface area contributed by atoms with E-state index in [1.165, 1.54) is 12.8 Å². The van der Waals surface area contributed by atoms with Gasteiger partial charge in [-0.05, 0) is 47.7 Å². The maximum atomic E-state index is 5.96. The Hall–Kier alpha value is -0.210. The van der Waals surface area contributed by atoms with E-state index in [0.29, 0.717) is 6.04 Å². The normalized spacial score (nSPS) is 35.1. The highest BCUT2D eigenvalue weighted by Gasteiger charge is 2.27. The molecule has 2 N–H and O–H groups in total. The molecule has 2 heteroatoms. The summed E-state index contributed by atoms with van der Waals surface area (Å²) < 4.78 is 0. The Balaban J connectivity index is 2.31. The number of rotatable bonds is 0. The van der Waals surface area contributed by atoms with Crippen molar-refractivity contribution in [1.29, 1.82) is 0 Å². The Bertz CT molecular complexity index is 263. The van der Waals surface area contributed by atoms with Crippen LogP contribution in [-0.2, 0) is 0 Å². The summed E-state index contributed by atoms with van der Waals surface area (Å²) in [5, 5.41) is 2.40. The third-order valence-corrected chi connectivity index (χ3v) is 5.35. The molecule has 0 fully saturated rings. The van der Waals surface area contributed by atoms with Crippen molar-refractivity contribution in [3.05, 3.63) is 22.0 Å². The van der Waals surface area contributed by atoms with Crippen LogP contribution < -0.4 is 5.73 Å². The molecule has 0 bridgehead atoms. The summed E-state index contributed by atoms with van der Waals surface area (Å²) in [5.41, 5.74) is 7.56. The van der Waals surface area contributed by atoms with Crippen LogP contribution in [-0.4, -0.2) is 18.6 Å². The van der Waals surface area contributed by atoms with Gasteiger partial charge in [0.2, 0.25) is 0 Å². The predicted octanol–water partition coefficient (Wildman–Crippen LogP) is 2.34. The molecule has 0 aromatic heterocycles. The molecule has 0 aromatic rings. The zero-order valence-corrected chi connectivity index (χ0v) is 8.66. The Morgan fingerprint density at radius 2 is 2.25 bits per heavy atom. The van der Waals surface area contributed by atoms with Gasteiger partial charge in [-0.3, -0.25) is 0 Å². The molecule has 2 aliphatic rings. The van der Waals surface area contributed by atoms with Crippen LogP contribution in [0.3, 0.4) is 0 Å².